The minimum absolute atomic E-state index is 0.471. The highest BCUT2D eigenvalue weighted by Crippen LogP contribution is 2.06. The summed E-state index contributed by atoms with van der Waals surface area (Å²) >= 11 is 3.15. The van der Waals surface area contributed by atoms with E-state index in [4.69, 9.17) is 20.6 Å². The summed E-state index contributed by atoms with van der Waals surface area (Å²) in [7, 11) is 3.33. The van der Waals surface area contributed by atoms with Gasteiger partial charge in [-0.15, -0.1) is 12.0 Å². The fourth-order valence-electron chi connectivity index (χ4n) is 1.64. The molecule has 0 atom stereocenters. The fraction of sp³-hybridized carbons (Fsp3) is 0.273. The Labute approximate surface area is 203 Å². The van der Waals surface area contributed by atoms with Gasteiger partial charge >= 0.3 is 0 Å². The topological polar surface area (TPSA) is 105 Å². The minimum atomic E-state index is -1.32. The van der Waals surface area contributed by atoms with Crippen LogP contribution in [0.25, 0.3) is 0 Å². The van der Waals surface area contributed by atoms with E-state index in [1.54, 1.807) is 39.0 Å². The zero-order chi connectivity index (χ0) is 24.7. The molecule has 0 N–H and O–H groups in total. The predicted octanol–water partition coefficient (Wildman–Crippen LogP) is 3.43. The van der Waals surface area contributed by atoms with Crippen molar-refractivity contribution in [2.75, 3.05) is 21.3 Å². The maximum absolute atomic E-state index is 5.05. The maximum atomic E-state index is 5.05. The Morgan fingerprint density at radius 3 is 1.48 bits per heavy atom. The van der Waals surface area contributed by atoms with Gasteiger partial charge < -0.3 is 14.2 Å². The summed E-state index contributed by atoms with van der Waals surface area (Å²) in [4.78, 5) is 23.6. The van der Waals surface area contributed by atoms with Gasteiger partial charge in [0, 0.05) is 0 Å². The number of aromatic nitrogens is 6. The zero-order valence-electron chi connectivity index (χ0n) is 19.3. The van der Waals surface area contributed by atoms with Gasteiger partial charge in [-0.1, -0.05) is 25.6 Å². The van der Waals surface area contributed by atoms with Crippen molar-refractivity contribution in [3.05, 3.63) is 53.2 Å². The van der Waals surface area contributed by atoms with Gasteiger partial charge in [0.15, 0.2) is 0 Å². The van der Waals surface area contributed by atoms with E-state index in [1.807, 2.05) is 0 Å². The lowest BCUT2D eigenvalue weighted by Crippen LogP contribution is -2.16. The largest absolute Gasteiger partial charge is 0.480 e. The summed E-state index contributed by atoms with van der Waals surface area (Å²) in [5.41, 5.74) is 4.44. The van der Waals surface area contributed by atoms with E-state index in [2.05, 4.69) is 82.9 Å². The maximum Gasteiger partial charge on any atom is 0.232 e. The van der Waals surface area contributed by atoms with Crippen LogP contribution in [-0.2, 0) is 0 Å². The van der Waals surface area contributed by atoms with E-state index < -0.39 is 8.07 Å². The highest BCUT2D eigenvalue weighted by atomic mass is 79.9. The van der Waals surface area contributed by atoms with Crippen LogP contribution in [0.5, 0.6) is 17.6 Å². The van der Waals surface area contributed by atoms with Gasteiger partial charge in [0.2, 0.25) is 17.6 Å². The smallest absolute Gasteiger partial charge is 0.232 e. The molecule has 0 aliphatic heterocycles. The van der Waals surface area contributed by atoms with Gasteiger partial charge in [-0.25, -0.2) is 29.9 Å². The highest BCUT2D eigenvalue weighted by molar-refractivity contribution is 9.10. The average molecular weight is 529 g/mol. The van der Waals surface area contributed by atoms with Crippen molar-refractivity contribution in [2.45, 2.75) is 19.6 Å². The van der Waals surface area contributed by atoms with Crippen LogP contribution in [-0.4, -0.2) is 59.3 Å². The molecule has 0 saturated carbocycles. The third kappa shape index (κ3) is 12.2. The monoisotopic (exact) mass is 528 g/mol. The van der Waals surface area contributed by atoms with Crippen molar-refractivity contribution < 1.29 is 14.2 Å². The van der Waals surface area contributed by atoms with Gasteiger partial charge in [-0.3, -0.25) is 0 Å². The Morgan fingerprint density at radius 1 is 0.697 bits per heavy atom. The molecule has 0 saturated heterocycles. The quantitative estimate of drug-likeness (QED) is 0.373. The normalized spacial score (nSPS) is 9.39. The van der Waals surface area contributed by atoms with Crippen molar-refractivity contribution in [1.29, 1.82) is 0 Å². The molecule has 3 aromatic rings. The molecule has 0 unspecified atom stereocenters. The zero-order valence-corrected chi connectivity index (χ0v) is 21.9. The van der Waals surface area contributed by atoms with E-state index in [0.717, 1.165) is 0 Å². The van der Waals surface area contributed by atoms with E-state index in [-0.39, 0.29) is 0 Å². The van der Waals surface area contributed by atoms with E-state index in [9.17, 15) is 0 Å². The number of methoxy groups -OCH3 is 3. The second-order valence-corrected chi connectivity index (χ2v) is 12.5. The molecule has 0 radical (unpaired) electrons. The number of ether oxygens (including phenoxy) is 3. The first kappa shape index (κ1) is 27.5. The predicted molar refractivity (Wildman–Crippen MR) is 132 cm³/mol. The summed E-state index contributed by atoms with van der Waals surface area (Å²) in [6.45, 7) is 6.57. The molecule has 3 heterocycles. The number of nitrogens with zero attached hydrogens (tertiary/aromatic N) is 6. The van der Waals surface area contributed by atoms with Crippen LogP contribution in [0, 0.1) is 23.8 Å². The van der Waals surface area contributed by atoms with Gasteiger partial charge in [-0.05, 0) is 21.9 Å². The molecular weight excluding hydrogens is 504 g/mol. The molecule has 9 nitrogen and oxygen atoms in total. The fourth-order valence-corrected chi connectivity index (χ4v) is 2.35. The lowest BCUT2D eigenvalue weighted by Gasteiger charge is -2.03. The number of hydrogen-bond donors (Lipinski definition) is 0. The SMILES string of the molecule is C#Cc1cnc(OC)cn1.COc1cnc(Br)cn1.COc1cnc(C#C[Si](C)(C)C)cn1. The molecule has 0 spiro atoms. The summed E-state index contributed by atoms with van der Waals surface area (Å²) < 4.78 is 15.2. The van der Waals surface area contributed by atoms with Gasteiger partial charge in [-0.2, -0.15) is 0 Å². The molecule has 33 heavy (non-hydrogen) atoms. The van der Waals surface area contributed by atoms with Crippen LogP contribution in [0.1, 0.15) is 11.4 Å². The standard InChI is InChI=1S/C10H14N2OSi.C7H6N2O.C5H5BrN2O/c1-13-10-8-11-9(7-12-10)5-6-14(2,3)4;1-3-6-4-9-7(10-2)5-8-6;1-9-5-3-7-4(6)2-8-5/h7-8H,1-4H3;1,4-5H,2H3;2-3H,1H3. The second-order valence-electron chi connectivity index (χ2n) is 6.91. The Morgan fingerprint density at radius 2 is 1.15 bits per heavy atom. The summed E-state index contributed by atoms with van der Waals surface area (Å²) in [5.74, 6) is 6.88. The first-order chi connectivity index (χ1) is 15.7. The Balaban J connectivity index is 0.000000255. The first-order valence-corrected chi connectivity index (χ1v) is 13.7. The lowest BCUT2D eigenvalue weighted by atomic mass is 10.5. The number of rotatable bonds is 3. The van der Waals surface area contributed by atoms with Gasteiger partial charge in [0.25, 0.3) is 0 Å². The van der Waals surface area contributed by atoms with Crippen LogP contribution in [0.4, 0.5) is 0 Å². The van der Waals surface area contributed by atoms with Crippen molar-refractivity contribution in [3.8, 4) is 41.4 Å². The van der Waals surface area contributed by atoms with Crippen LogP contribution >= 0.6 is 15.9 Å². The van der Waals surface area contributed by atoms with Crippen molar-refractivity contribution in [1.82, 2.24) is 29.9 Å². The van der Waals surface area contributed by atoms with Crippen molar-refractivity contribution >= 4 is 24.0 Å². The van der Waals surface area contributed by atoms with E-state index in [1.165, 1.54) is 19.5 Å². The lowest BCUT2D eigenvalue weighted by molar-refractivity contribution is 0.395. The Hall–Kier alpha value is -3.54. The molecule has 0 aromatic carbocycles. The van der Waals surface area contributed by atoms with Crippen LogP contribution in [0.2, 0.25) is 19.6 Å². The van der Waals surface area contributed by atoms with Crippen molar-refractivity contribution in [2.24, 2.45) is 0 Å². The van der Waals surface area contributed by atoms with Crippen LogP contribution in [0.3, 0.4) is 0 Å². The van der Waals surface area contributed by atoms with E-state index >= 15 is 0 Å². The molecule has 3 aromatic heterocycles. The summed E-state index contributed by atoms with van der Waals surface area (Å²) in [5, 5.41) is 0. The molecular formula is C22H25BrN6O3Si. The molecule has 0 fully saturated rings. The first-order valence-electron chi connectivity index (χ1n) is 9.44. The molecule has 172 valence electrons. The third-order valence-electron chi connectivity index (χ3n) is 3.19. The Bertz CT molecular complexity index is 1070. The number of terminal acetylenes is 1. The van der Waals surface area contributed by atoms with Gasteiger partial charge in [0.1, 0.15) is 24.1 Å². The third-order valence-corrected chi connectivity index (χ3v) is 4.48. The molecule has 0 aliphatic rings. The van der Waals surface area contributed by atoms with Gasteiger partial charge in [0.05, 0.1) is 58.5 Å². The minimum Gasteiger partial charge on any atom is -0.480 e. The van der Waals surface area contributed by atoms with Crippen molar-refractivity contribution in [3.63, 3.8) is 0 Å². The number of halogens is 1. The highest BCUT2D eigenvalue weighted by Gasteiger charge is 2.07. The molecule has 0 aliphatic carbocycles. The Kier molecular flexibility index (Phi) is 12.1. The molecule has 0 amide bonds. The van der Waals surface area contributed by atoms with Crippen LogP contribution < -0.4 is 14.2 Å². The molecule has 0 bridgehead atoms. The van der Waals surface area contributed by atoms with Crippen LogP contribution in [0.15, 0.2) is 41.8 Å². The number of hydrogen-bond acceptors (Lipinski definition) is 9. The van der Waals surface area contributed by atoms with E-state index in [0.29, 0.717) is 33.6 Å². The second kappa shape index (κ2) is 14.5. The average Bonchev–Trinajstić information content (AvgIpc) is 2.84. The summed E-state index contributed by atoms with van der Waals surface area (Å²) in [6, 6.07) is 0. The summed E-state index contributed by atoms with van der Waals surface area (Å²) in [6.07, 6.45) is 14.4. The molecule has 11 heteroatoms. The molecule has 3 rings (SSSR count).